The van der Waals surface area contributed by atoms with Crippen molar-refractivity contribution in [2.24, 2.45) is 0 Å². The largest absolute Gasteiger partial charge is 0.392 e. The molecule has 162 valence electrons. The highest BCUT2D eigenvalue weighted by molar-refractivity contribution is 6.00. The number of aliphatic hydroxyl groups excluding tert-OH is 1. The van der Waals surface area contributed by atoms with E-state index in [0.29, 0.717) is 28.6 Å². The number of hydrogen-bond donors (Lipinski definition) is 2. The number of hydrogen-bond acceptors (Lipinski definition) is 5. The molecular weight excluding hydrogens is 390 g/mol. The number of amides is 1. The molecule has 3 aromatic rings. The second kappa shape index (κ2) is 9.85. The molecule has 2 heterocycles. The summed E-state index contributed by atoms with van der Waals surface area (Å²) >= 11 is 0. The van der Waals surface area contributed by atoms with E-state index in [9.17, 15) is 9.90 Å². The molecule has 0 bridgehead atoms. The van der Waals surface area contributed by atoms with Crippen molar-refractivity contribution in [1.82, 2.24) is 25.0 Å². The molecule has 0 spiro atoms. The van der Waals surface area contributed by atoms with Gasteiger partial charge < -0.3 is 14.9 Å². The van der Waals surface area contributed by atoms with Gasteiger partial charge in [-0.1, -0.05) is 42.5 Å². The maximum absolute atomic E-state index is 13.3. The molecule has 7 heteroatoms. The summed E-state index contributed by atoms with van der Waals surface area (Å²) in [7, 11) is 2.18. The summed E-state index contributed by atoms with van der Waals surface area (Å²) in [6, 6.07) is 16.4. The van der Waals surface area contributed by atoms with Gasteiger partial charge in [0, 0.05) is 31.2 Å². The number of nitrogens with one attached hydrogen (secondary N) is 1. The van der Waals surface area contributed by atoms with Gasteiger partial charge in [-0.05, 0) is 43.5 Å². The quantitative estimate of drug-likeness (QED) is 0.615. The first-order valence-corrected chi connectivity index (χ1v) is 10.8. The monoisotopic (exact) mass is 419 g/mol. The highest BCUT2D eigenvalue weighted by Crippen LogP contribution is 2.25. The predicted octanol–water partition coefficient (Wildman–Crippen LogP) is 2.74. The number of H-pyrrole nitrogens is 1. The molecule has 1 amide bonds. The number of piperidine rings is 1. The lowest BCUT2D eigenvalue weighted by atomic mass is 9.99. The van der Waals surface area contributed by atoms with Crippen LogP contribution < -0.4 is 0 Å². The standard InChI is InChI=1S/C24H29N5O2/c1-28(12-9-18-5-3-2-4-6-18)20-10-13-29(14-11-20)24(31)22-15-19(16-30)7-8-21(22)23-25-17-26-27-23/h2-8,15,17,20,30H,9-14,16H2,1H3,(H,25,26,27). The highest BCUT2D eigenvalue weighted by atomic mass is 16.3. The van der Waals surface area contributed by atoms with Gasteiger partial charge in [-0.3, -0.25) is 9.89 Å². The molecule has 0 radical (unpaired) electrons. The summed E-state index contributed by atoms with van der Waals surface area (Å²) in [4.78, 5) is 21.9. The minimum atomic E-state index is -0.106. The van der Waals surface area contributed by atoms with Crippen molar-refractivity contribution in [2.75, 3.05) is 26.7 Å². The first-order valence-electron chi connectivity index (χ1n) is 10.8. The number of nitrogens with zero attached hydrogens (tertiary/aromatic N) is 4. The van der Waals surface area contributed by atoms with E-state index >= 15 is 0 Å². The van der Waals surface area contributed by atoms with Crippen LogP contribution in [-0.4, -0.2) is 68.7 Å². The van der Waals surface area contributed by atoms with Gasteiger partial charge in [0.2, 0.25) is 0 Å². The van der Waals surface area contributed by atoms with Crippen molar-refractivity contribution in [1.29, 1.82) is 0 Å². The summed E-state index contributed by atoms with van der Waals surface area (Å²) in [6.07, 6.45) is 4.37. The van der Waals surface area contributed by atoms with Crippen LogP contribution in [0.2, 0.25) is 0 Å². The molecule has 0 saturated carbocycles. The Balaban J connectivity index is 1.39. The Hall–Kier alpha value is -3.03. The van der Waals surface area contributed by atoms with Crippen LogP contribution >= 0.6 is 0 Å². The fraction of sp³-hybridized carbons (Fsp3) is 0.375. The van der Waals surface area contributed by atoms with E-state index in [1.165, 1.54) is 11.9 Å². The van der Waals surface area contributed by atoms with E-state index in [2.05, 4.69) is 51.4 Å². The SMILES string of the molecule is CN(CCc1ccccc1)C1CCN(C(=O)c2cc(CO)ccc2-c2ncn[nH]2)CC1. The topological polar surface area (TPSA) is 85.3 Å². The maximum atomic E-state index is 13.3. The first kappa shape index (κ1) is 21.2. The Morgan fingerprint density at radius 2 is 1.94 bits per heavy atom. The third-order valence-corrected chi connectivity index (χ3v) is 6.14. The number of likely N-dealkylation sites (N-methyl/N-ethyl adjacent to an activating group) is 1. The van der Waals surface area contributed by atoms with Gasteiger partial charge >= 0.3 is 0 Å². The van der Waals surface area contributed by atoms with E-state index in [1.54, 1.807) is 6.07 Å². The lowest BCUT2D eigenvalue weighted by Crippen LogP contribution is -2.46. The summed E-state index contributed by atoms with van der Waals surface area (Å²) in [5, 5.41) is 16.3. The lowest BCUT2D eigenvalue weighted by Gasteiger charge is -2.37. The summed E-state index contributed by atoms with van der Waals surface area (Å²) < 4.78 is 0. The second-order valence-corrected chi connectivity index (χ2v) is 8.11. The van der Waals surface area contributed by atoms with Crippen LogP contribution in [0.4, 0.5) is 0 Å². The van der Waals surface area contributed by atoms with Crippen LogP contribution in [0.1, 0.15) is 34.3 Å². The van der Waals surface area contributed by atoms with E-state index in [-0.39, 0.29) is 12.5 Å². The third-order valence-electron chi connectivity index (χ3n) is 6.14. The first-order chi connectivity index (χ1) is 15.2. The van der Waals surface area contributed by atoms with E-state index < -0.39 is 0 Å². The molecule has 7 nitrogen and oxygen atoms in total. The number of likely N-dealkylation sites (tertiary alicyclic amines) is 1. The summed E-state index contributed by atoms with van der Waals surface area (Å²) in [5.41, 5.74) is 3.33. The van der Waals surface area contributed by atoms with Crippen molar-refractivity contribution in [3.05, 3.63) is 71.5 Å². The number of carbonyl (C=O) groups is 1. The molecule has 1 fully saturated rings. The third kappa shape index (κ3) is 5.00. The van der Waals surface area contributed by atoms with Crippen LogP contribution in [0.3, 0.4) is 0 Å². The molecule has 0 atom stereocenters. The minimum Gasteiger partial charge on any atom is -0.392 e. The van der Waals surface area contributed by atoms with Crippen LogP contribution in [0.25, 0.3) is 11.4 Å². The predicted molar refractivity (Wildman–Crippen MR) is 119 cm³/mol. The molecule has 1 saturated heterocycles. The Morgan fingerprint density at radius 3 is 2.61 bits per heavy atom. The molecule has 2 aromatic carbocycles. The van der Waals surface area contributed by atoms with Crippen LogP contribution in [0.15, 0.2) is 54.9 Å². The van der Waals surface area contributed by atoms with Crippen LogP contribution in [0, 0.1) is 0 Å². The van der Waals surface area contributed by atoms with Crippen LogP contribution in [-0.2, 0) is 13.0 Å². The number of aliphatic hydroxyl groups is 1. The summed E-state index contributed by atoms with van der Waals surface area (Å²) in [5.74, 6) is 0.537. The summed E-state index contributed by atoms with van der Waals surface area (Å²) in [6.45, 7) is 2.35. The number of aromatic amines is 1. The van der Waals surface area contributed by atoms with E-state index in [4.69, 9.17) is 0 Å². The number of aromatic nitrogens is 3. The Kier molecular flexibility index (Phi) is 6.74. The van der Waals surface area contributed by atoms with Gasteiger partial charge in [0.05, 0.1) is 12.2 Å². The Morgan fingerprint density at radius 1 is 1.16 bits per heavy atom. The van der Waals surface area contributed by atoms with Crippen molar-refractivity contribution >= 4 is 5.91 Å². The van der Waals surface area contributed by atoms with Gasteiger partial charge in [0.25, 0.3) is 5.91 Å². The molecule has 1 aliphatic heterocycles. The average Bonchev–Trinajstić information content (AvgIpc) is 3.37. The molecule has 1 aliphatic rings. The molecule has 0 unspecified atom stereocenters. The average molecular weight is 420 g/mol. The van der Waals surface area contributed by atoms with E-state index in [1.807, 2.05) is 23.1 Å². The Labute approximate surface area is 182 Å². The van der Waals surface area contributed by atoms with E-state index in [0.717, 1.165) is 38.9 Å². The van der Waals surface area contributed by atoms with Crippen molar-refractivity contribution < 1.29 is 9.90 Å². The molecule has 1 aromatic heterocycles. The van der Waals surface area contributed by atoms with Gasteiger partial charge in [-0.15, -0.1) is 0 Å². The number of carbonyl (C=O) groups excluding carboxylic acids is 1. The number of benzene rings is 2. The fourth-order valence-electron chi connectivity index (χ4n) is 4.22. The zero-order valence-corrected chi connectivity index (χ0v) is 17.9. The minimum absolute atomic E-state index is 0.0212. The zero-order chi connectivity index (χ0) is 21.6. The Bertz CT molecular complexity index is 982. The van der Waals surface area contributed by atoms with Crippen LogP contribution in [0.5, 0.6) is 0 Å². The van der Waals surface area contributed by atoms with Gasteiger partial charge in [0.15, 0.2) is 5.82 Å². The molecular formula is C24H29N5O2. The molecule has 31 heavy (non-hydrogen) atoms. The van der Waals surface area contributed by atoms with Gasteiger partial charge in [-0.2, -0.15) is 5.10 Å². The molecule has 0 aliphatic carbocycles. The fourth-order valence-corrected chi connectivity index (χ4v) is 4.22. The zero-order valence-electron chi connectivity index (χ0n) is 17.9. The molecule has 2 N–H and O–H groups in total. The second-order valence-electron chi connectivity index (χ2n) is 8.11. The molecule has 4 rings (SSSR count). The maximum Gasteiger partial charge on any atom is 0.254 e. The van der Waals surface area contributed by atoms with Crippen molar-refractivity contribution in [3.63, 3.8) is 0 Å². The smallest absolute Gasteiger partial charge is 0.254 e. The van der Waals surface area contributed by atoms with Gasteiger partial charge in [0.1, 0.15) is 6.33 Å². The number of rotatable bonds is 7. The van der Waals surface area contributed by atoms with Gasteiger partial charge in [-0.25, -0.2) is 4.98 Å². The highest BCUT2D eigenvalue weighted by Gasteiger charge is 2.27. The van der Waals surface area contributed by atoms with Crippen molar-refractivity contribution in [2.45, 2.75) is 31.9 Å². The van der Waals surface area contributed by atoms with Crippen molar-refractivity contribution in [3.8, 4) is 11.4 Å². The lowest BCUT2D eigenvalue weighted by molar-refractivity contribution is 0.0647. The normalized spacial score (nSPS) is 14.9.